The summed E-state index contributed by atoms with van der Waals surface area (Å²) >= 11 is 11.8. The third-order valence-corrected chi connectivity index (χ3v) is 5.67. The van der Waals surface area contributed by atoms with E-state index < -0.39 is 10.0 Å². The topological polar surface area (TPSA) is 75.3 Å². The zero-order valence-corrected chi connectivity index (χ0v) is 16.2. The number of benzene rings is 2. The maximum absolute atomic E-state index is 12.3. The second-order valence-corrected chi connectivity index (χ2v) is 8.00. The SMILES string of the molecule is C=CCNS(=O)(=O)c1cc(C(=O)NCCc2ccc(Cl)cc2)ccc1Cl. The number of hydrogen-bond donors (Lipinski definition) is 2. The van der Waals surface area contributed by atoms with Crippen LogP contribution in [0, 0.1) is 0 Å². The van der Waals surface area contributed by atoms with Crippen LogP contribution in [-0.2, 0) is 16.4 Å². The summed E-state index contributed by atoms with van der Waals surface area (Å²) in [6.07, 6.45) is 2.04. The molecular formula is C18H18Cl2N2O3S. The highest BCUT2D eigenvalue weighted by Gasteiger charge is 2.19. The summed E-state index contributed by atoms with van der Waals surface area (Å²) < 4.78 is 26.8. The Morgan fingerprint density at radius 1 is 1.12 bits per heavy atom. The fourth-order valence-electron chi connectivity index (χ4n) is 2.17. The first-order valence-corrected chi connectivity index (χ1v) is 10.00. The van der Waals surface area contributed by atoms with Gasteiger partial charge in [0.25, 0.3) is 5.91 Å². The summed E-state index contributed by atoms with van der Waals surface area (Å²) in [7, 11) is -3.82. The minimum absolute atomic E-state index is 0.0410. The Balaban J connectivity index is 2.05. The predicted molar refractivity (Wildman–Crippen MR) is 104 cm³/mol. The Bertz CT molecular complexity index is 897. The van der Waals surface area contributed by atoms with E-state index >= 15 is 0 Å². The smallest absolute Gasteiger partial charge is 0.251 e. The van der Waals surface area contributed by atoms with Crippen molar-refractivity contribution in [1.82, 2.24) is 10.0 Å². The van der Waals surface area contributed by atoms with Crippen molar-refractivity contribution < 1.29 is 13.2 Å². The van der Waals surface area contributed by atoms with Crippen LogP contribution in [-0.4, -0.2) is 27.4 Å². The van der Waals surface area contributed by atoms with Crippen molar-refractivity contribution in [2.24, 2.45) is 0 Å². The molecule has 0 radical (unpaired) electrons. The minimum Gasteiger partial charge on any atom is -0.352 e. The standard InChI is InChI=1S/C18H18Cl2N2O3S/c1-2-10-22-26(24,25)17-12-14(5-8-16(17)20)18(23)21-11-9-13-3-6-15(19)7-4-13/h2-8,12,22H,1,9-11H2,(H,21,23). The number of carbonyl (C=O) groups is 1. The third-order valence-electron chi connectivity index (χ3n) is 3.51. The predicted octanol–water partition coefficient (Wildman–Crippen LogP) is 3.43. The molecule has 5 nitrogen and oxygen atoms in total. The third kappa shape index (κ3) is 5.57. The lowest BCUT2D eigenvalue weighted by molar-refractivity contribution is 0.0954. The van der Waals surface area contributed by atoms with Crippen LogP contribution in [0.1, 0.15) is 15.9 Å². The number of sulfonamides is 1. The van der Waals surface area contributed by atoms with E-state index in [1.165, 1.54) is 24.3 Å². The van der Waals surface area contributed by atoms with Crippen molar-refractivity contribution in [3.8, 4) is 0 Å². The normalized spacial score (nSPS) is 11.2. The van der Waals surface area contributed by atoms with E-state index in [9.17, 15) is 13.2 Å². The summed E-state index contributed by atoms with van der Waals surface area (Å²) in [5, 5.41) is 3.45. The lowest BCUT2D eigenvalue weighted by Crippen LogP contribution is -2.27. The molecule has 0 saturated carbocycles. The van der Waals surface area contributed by atoms with Gasteiger partial charge in [0.2, 0.25) is 10.0 Å². The van der Waals surface area contributed by atoms with Gasteiger partial charge in [-0.25, -0.2) is 13.1 Å². The molecule has 1 amide bonds. The van der Waals surface area contributed by atoms with Gasteiger partial charge in [-0.05, 0) is 42.3 Å². The molecule has 26 heavy (non-hydrogen) atoms. The molecule has 0 saturated heterocycles. The van der Waals surface area contributed by atoms with Gasteiger partial charge in [0.05, 0.1) is 5.02 Å². The molecule has 0 aliphatic heterocycles. The van der Waals surface area contributed by atoms with E-state index in [0.29, 0.717) is 18.0 Å². The highest BCUT2D eigenvalue weighted by atomic mass is 35.5. The summed E-state index contributed by atoms with van der Waals surface area (Å²) in [6.45, 7) is 3.93. The molecule has 0 unspecified atom stereocenters. The van der Waals surface area contributed by atoms with Gasteiger partial charge in [0.1, 0.15) is 4.90 Å². The molecule has 2 rings (SSSR count). The van der Waals surface area contributed by atoms with Crippen molar-refractivity contribution in [3.05, 3.63) is 76.3 Å². The van der Waals surface area contributed by atoms with Gasteiger partial charge in [-0.15, -0.1) is 6.58 Å². The van der Waals surface area contributed by atoms with Crippen molar-refractivity contribution in [3.63, 3.8) is 0 Å². The van der Waals surface area contributed by atoms with Crippen LogP contribution < -0.4 is 10.0 Å². The van der Waals surface area contributed by atoms with Gasteiger partial charge >= 0.3 is 0 Å². The second kappa shape index (κ2) is 9.19. The monoisotopic (exact) mass is 412 g/mol. The zero-order valence-electron chi connectivity index (χ0n) is 13.8. The summed E-state index contributed by atoms with van der Waals surface area (Å²) in [6, 6.07) is 11.5. The minimum atomic E-state index is -3.82. The number of carbonyl (C=O) groups excluding carboxylic acids is 1. The fraction of sp³-hybridized carbons (Fsp3) is 0.167. The Morgan fingerprint density at radius 3 is 2.46 bits per heavy atom. The molecule has 0 fully saturated rings. The van der Waals surface area contributed by atoms with E-state index in [1.807, 2.05) is 12.1 Å². The summed E-state index contributed by atoms with van der Waals surface area (Å²) in [5.74, 6) is -0.379. The van der Waals surface area contributed by atoms with Crippen molar-refractivity contribution in [1.29, 1.82) is 0 Å². The Morgan fingerprint density at radius 2 is 1.81 bits per heavy atom. The Kier molecular flexibility index (Phi) is 7.23. The average molecular weight is 413 g/mol. The van der Waals surface area contributed by atoms with Crippen LogP contribution in [0.25, 0.3) is 0 Å². The van der Waals surface area contributed by atoms with Gasteiger partial charge in [-0.3, -0.25) is 4.79 Å². The van der Waals surface area contributed by atoms with Gasteiger partial charge < -0.3 is 5.32 Å². The molecule has 0 aliphatic rings. The zero-order chi connectivity index (χ0) is 19.2. The average Bonchev–Trinajstić information content (AvgIpc) is 2.62. The number of rotatable bonds is 8. The molecule has 0 bridgehead atoms. The highest BCUT2D eigenvalue weighted by Crippen LogP contribution is 2.22. The molecule has 0 spiro atoms. The highest BCUT2D eigenvalue weighted by molar-refractivity contribution is 7.89. The van der Waals surface area contributed by atoms with Crippen molar-refractivity contribution >= 4 is 39.1 Å². The largest absolute Gasteiger partial charge is 0.352 e. The molecule has 2 N–H and O–H groups in total. The number of nitrogens with one attached hydrogen (secondary N) is 2. The fourth-order valence-corrected chi connectivity index (χ4v) is 3.82. The van der Waals surface area contributed by atoms with E-state index in [2.05, 4.69) is 16.6 Å². The molecule has 2 aromatic rings. The first-order chi connectivity index (χ1) is 12.3. The summed E-state index contributed by atoms with van der Waals surface area (Å²) in [5.41, 5.74) is 1.24. The molecule has 138 valence electrons. The lowest BCUT2D eigenvalue weighted by Gasteiger charge is -2.10. The maximum atomic E-state index is 12.3. The first kappa shape index (κ1) is 20.5. The van der Waals surface area contributed by atoms with Crippen LogP contribution in [0.5, 0.6) is 0 Å². The van der Waals surface area contributed by atoms with Crippen LogP contribution in [0.4, 0.5) is 0 Å². The molecule has 2 aromatic carbocycles. The Labute approximate surface area is 163 Å². The molecule has 0 atom stereocenters. The molecule has 0 aliphatic carbocycles. The molecule has 0 aromatic heterocycles. The lowest BCUT2D eigenvalue weighted by atomic mass is 10.1. The van der Waals surface area contributed by atoms with E-state index in [0.717, 1.165) is 5.56 Å². The first-order valence-electron chi connectivity index (χ1n) is 7.76. The molecular weight excluding hydrogens is 395 g/mol. The quantitative estimate of drug-likeness (QED) is 0.652. The van der Waals surface area contributed by atoms with Crippen molar-refractivity contribution in [2.75, 3.05) is 13.1 Å². The van der Waals surface area contributed by atoms with Gasteiger partial charge in [0.15, 0.2) is 0 Å². The number of hydrogen-bond acceptors (Lipinski definition) is 3. The molecule has 0 heterocycles. The Hall–Kier alpha value is -1.86. The number of halogens is 2. The molecule has 8 heteroatoms. The maximum Gasteiger partial charge on any atom is 0.251 e. The van der Waals surface area contributed by atoms with Gasteiger partial charge in [-0.1, -0.05) is 41.4 Å². The van der Waals surface area contributed by atoms with E-state index in [4.69, 9.17) is 23.2 Å². The van der Waals surface area contributed by atoms with Crippen molar-refractivity contribution in [2.45, 2.75) is 11.3 Å². The van der Waals surface area contributed by atoms with Crippen LogP contribution in [0.15, 0.2) is 60.0 Å². The van der Waals surface area contributed by atoms with E-state index in [1.54, 1.807) is 12.1 Å². The number of amides is 1. The second-order valence-electron chi connectivity index (χ2n) is 5.42. The van der Waals surface area contributed by atoms with Gasteiger partial charge in [0, 0.05) is 23.7 Å². The van der Waals surface area contributed by atoms with Crippen LogP contribution in [0.2, 0.25) is 10.0 Å². The van der Waals surface area contributed by atoms with Crippen LogP contribution in [0.3, 0.4) is 0 Å². The summed E-state index contributed by atoms with van der Waals surface area (Å²) in [4.78, 5) is 12.1. The van der Waals surface area contributed by atoms with E-state index in [-0.39, 0.29) is 27.9 Å². The van der Waals surface area contributed by atoms with Crippen LogP contribution >= 0.6 is 23.2 Å². The van der Waals surface area contributed by atoms with Gasteiger partial charge in [-0.2, -0.15) is 0 Å².